The molecule has 5 heterocycles. The normalized spacial score (nSPS) is 21.4. The number of carbonyl (C=O) groups is 4. The monoisotopic (exact) mass is 589 g/mol. The Morgan fingerprint density at radius 3 is 1.95 bits per heavy atom. The van der Waals surface area contributed by atoms with E-state index in [9.17, 15) is 23.6 Å². The van der Waals surface area contributed by atoms with Gasteiger partial charge in [0.2, 0.25) is 0 Å². The van der Waals surface area contributed by atoms with Crippen LogP contribution < -0.4 is 4.90 Å². The fraction of sp³-hybridized carbons (Fsp3) is 0.276. The smallest absolute Gasteiger partial charge is 0.397 e. The number of hydrogen-bond donors (Lipinski definition) is 1. The number of H-pyrrole nitrogens is 1. The maximum Gasteiger partial charge on any atom is 0.444 e. The van der Waals surface area contributed by atoms with E-state index in [1.807, 2.05) is 24.3 Å². The maximum atomic E-state index is 14.0. The Kier molecular flexibility index (Phi) is 6.25. The highest BCUT2D eigenvalue weighted by Gasteiger charge is 2.75. The number of aromatic amines is 1. The molecule has 14 heteroatoms. The predicted octanol–water partition coefficient (Wildman–Crippen LogP) is 1.46. The third-order valence-electron chi connectivity index (χ3n) is 7.78. The van der Waals surface area contributed by atoms with E-state index in [1.165, 1.54) is 39.1 Å². The highest BCUT2D eigenvalue weighted by Crippen LogP contribution is 2.47. The summed E-state index contributed by atoms with van der Waals surface area (Å²) in [7, 11) is 0. The number of benzene rings is 2. The Morgan fingerprint density at radius 2 is 1.35 bits per heavy atom. The fourth-order valence-corrected chi connectivity index (χ4v) is 5.89. The van der Waals surface area contributed by atoms with E-state index in [0.717, 1.165) is 24.3 Å². The lowest BCUT2D eigenvalue weighted by Gasteiger charge is -2.55. The lowest BCUT2D eigenvalue weighted by atomic mass is 10.1. The molecule has 4 aliphatic rings. The number of hydrogen-bond acceptors (Lipinski definition) is 12. The molecule has 7 rings (SSSR count). The van der Waals surface area contributed by atoms with E-state index in [4.69, 9.17) is 18.9 Å². The number of halogens is 1. The molecule has 1 saturated heterocycles. The topological polar surface area (TPSA) is 144 Å². The zero-order valence-corrected chi connectivity index (χ0v) is 22.5. The molecular formula is C29H24FN5O8. The van der Waals surface area contributed by atoms with Crippen LogP contribution >= 0.6 is 0 Å². The van der Waals surface area contributed by atoms with Gasteiger partial charge in [-0.2, -0.15) is 5.10 Å². The molecule has 3 aromatic rings. The van der Waals surface area contributed by atoms with Crippen molar-refractivity contribution in [2.45, 2.75) is 24.9 Å². The van der Waals surface area contributed by atoms with Crippen molar-refractivity contribution in [3.8, 4) is 0 Å². The largest absolute Gasteiger partial charge is 0.444 e. The first-order valence-electron chi connectivity index (χ1n) is 13.5. The molecule has 0 bridgehead atoms. The molecule has 0 radical (unpaired) electrons. The molecule has 1 N–H and O–H groups in total. The first-order valence-corrected chi connectivity index (χ1v) is 13.5. The summed E-state index contributed by atoms with van der Waals surface area (Å²) < 4.78 is 37.3. The van der Waals surface area contributed by atoms with Crippen molar-refractivity contribution in [3.05, 3.63) is 83.7 Å². The lowest BCUT2D eigenvalue weighted by molar-refractivity contribution is -0.416. The number of nitrogens with zero attached hydrogens (tertiary/aromatic N) is 4. The molecule has 4 aliphatic heterocycles. The first kappa shape index (κ1) is 26.8. The van der Waals surface area contributed by atoms with E-state index in [0.29, 0.717) is 25.0 Å². The zero-order chi connectivity index (χ0) is 29.8. The van der Waals surface area contributed by atoms with Crippen LogP contribution in [-0.2, 0) is 51.2 Å². The van der Waals surface area contributed by atoms with Crippen molar-refractivity contribution in [3.63, 3.8) is 0 Å². The van der Waals surface area contributed by atoms with E-state index in [-0.39, 0.29) is 31.0 Å². The Hall–Kier alpha value is -5.08. The van der Waals surface area contributed by atoms with Crippen LogP contribution in [0.4, 0.5) is 10.2 Å². The number of nitrogens with one attached hydrogen (secondary N) is 1. The van der Waals surface area contributed by atoms with Crippen LogP contribution in [0.15, 0.2) is 66.8 Å². The van der Waals surface area contributed by atoms with Crippen molar-refractivity contribution in [1.29, 1.82) is 0 Å². The minimum atomic E-state index is -2.70. The second kappa shape index (κ2) is 10.0. The van der Waals surface area contributed by atoms with Crippen LogP contribution in [0, 0.1) is 5.82 Å². The highest BCUT2D eigenvalue weighted by atomic mass is 19.1. The predicted molar refractivity (Wildman–Crippen MR) is 144 cm³/mol. The van der Waals surface area contributed by atoms with Crippen molar-refractivity contribution < 1.29 is 42.5 Å². The first-order chi connectivity index (χ1) is 20.8. The Morgan fingerprint density at radius 1 is 0.767 bits per heavy atom. The molecule has 13 nitrogen and oxygen atoms in total. The highest BCUT2D eigenvalue weighted by molar-refractivity contribution is 5.96. The van der Waals surface area contributed by atoms with Crippen LogP contribution in [0.5, 0.6) is 0 Å². The van der Waals surface area contributed by atoms with Gasteiger partial charge in [-0.15, -0.1) is 0 Å². The molecule has 0 saturated carbocycles. The van der Waals surface area contributed by atoms with Gasteiger partial charge in [-0.3, -0.25) is 14.9 Å². The molecule has 0 amide bonds. The summed E-state index contributed by atoms with van der Waals surface area (Å²) in [5.41, 5.74) is 2.64. The van der Waals surface area contributed by atoms with Gasteiger partial charge < -0.3 is 18.9 Å². The Labute approximate surface area is 243 Å². The summed E-state index contributed by atoms with van der Waals surface area (Å²) in [4.78, 5) is 57.0. The summed E-state index contributed by atoms with van der Waals surface area (Å²) in [6, 6.07) is 11.9. The Bertz CT molecular complexity index is 1670. The average Bonchev–Trinajstić information content (AvgIpc) is 3.50. The van der Waals surface area contributed by atoms with Gasteiger partial charge in [0.15, 0.2) is 5.82 Å². The van der Waals surface area contributed by atoms with Crippen molar-refractivity contribution >= 4 is 40.6 Å². The second-order valence-electron chi connectivity index (χ2n) is 10.4. The SMILES string of the molecule is O=C1C=CC(=O)OC2(O1)N(CCN1Cc3ccccc3C1)CCN(c1n[nH]c3cc(F)ccc13)C21OC(=O)C=CC(=O)O1. The van der Waals surface area contributed by atoms with Gasteiger partial charge in [0.05, 0.1) is 5.52 Å². The summed E-state index contributed by atoms with van der Waals surface area (Å²) in [5, 5.41) is 7.38. The number of anilines is 1. The van der Waals surface area contributed by atoms with E-state index in [2.05, 4.69) is 15.1 Å². The maximum absolute atomic E-state index is 14.0. The third kappa shape index (κ3) is 4.42. The molecule has 220 valence electrons. The van der Waals surface area contributed by atoms with E-state index < -0.39 is 41.5 Å². The van der Waals surface area contributed by atoms with Crippen molar-refractivity contribution in [1.82, 2.24) is 20.0 Å². The summed E-state index contributed by atoms with van der Waals surface area (Å²) >= 11 is 0. The van der Waals surface area contributed by atoms with Crippen molar-refractivity contribution in [2.75, 3.05) is 31.1 Å². The van der Waals surface area contributed by atoms with E-state index in [1.54, 1.807) is 0 Å². The van der Waals surface area contributed by atoms with Crippen LogP contribution in [0.1, 0.15) is 11.1 Å². The molecule has 1 fully saturated rings. The summed E-state index contributed by atoms with van der Waals surface area (Å²) in [6.07, 6.45) is 3.43. The summed E-state index contributed by atoms with van der Waals surface area (Å²) in [6.45, 7) is 1.95. The number of rotatable bonds is 4. The second-order valence-corrected chi connectivity index (χ2v) is 10.4. The van der Waals surface area contributed by atoms with Crippen molar-refractivity contribution in [2.24, 2.45) is 0 Å². The van der Waals surface area contributed by atoms with Gasteiger partial charge >= 0.3 is 35.7 Å². The number of ether oxygens (including phenoxy) is 4. The quantitative estimate of drug-likeness (QED) is 0.440. The van der Waals surface area contributed by atoms with Gasteiger partial charge in [0.25, 0.3) is 0 Å². The molecule has 43 heavy (non-hydrogen) atoms. The van der Waals surface area contributed by atoms with Crippen LogP contribution in [-0.4, -0.2) is 81.9 Å². The standard InChI is InChI=1S/C29H24FN5O8/c30-20-5-6-21-22(15-20)31-32-27(21)35-14-13-34(12-11-33-16-18-3-1-2-4-19(18)17-33)28(40-23(36)7-8-24(37)41-28)29(35)42-25(38)9-10-26(39)43-29/h1-10,15H,11-14,16-17H2,(H,31,32). The Balaban J connectivity index is 1.34. The molecule has 0 aliphatic carbocycles. The van der Waals surface area contributed by atoms with E-state index >= 15 is 0 Å². The van der Waals surface area contributed by atoms with Gasteiger partial charge in [-0.05, 0) is 29.3 Å². The molecule has 0 atom stereocenters. The number of piperazine rings is 1. The minimum absolute atomic E-state index is 0.0115. The van der Waals surface area contributed by atoms with Gasteiger partial charge in [0.1, 0.15) is 5.82 Å². The van der Waals surface area contributed by atoms with Gasteiger partial charge in [0, 0.05) is 69.0 Å². The average molecular weight is 590 g/mol. The third-order valence-corrected chi connectivity index (χ3v) is 7.78. The number of fused-ring (bicyclic) bond motifs is 3. The molecule has 2 spiro atoms. The molecular weight excluding hydrogens is 565 g/mol. The zero-order valence-electron chi connectivity index (χ0n) is 22.5. The number of carbonyl (C=O) groups excluding carboxylic acids is 4. The van der Waals surface area contributed by atoms with Crippen LogP contribution in [0.3, 0.4) is 0 Å². The lowest BCUT2D eigenvalue weighted by Crippen LogP contribution is -2.81. The van der Waals surface area contributed by atoms with Crippen LogP contribution in [0.25, 0.3) is 10.9 Å². The van der Waals surface area contributed by atoms with Gasteiger partial charge in [-0.1, -0.05) is 24.3 Å². The molecule has 0 unspecified atom stereocenters. The van der Waals surface area contributed by atoms with Crippen LogP contribution in [0.2, 0.25) is 0 Å². The minimum Gasteiger partial charge on any atom is -0.397 e. The summed E-state index contributed by atoms with van der Waals surface area (Å²) in [5.74, 6) is -9.88. The number of aromatic nitrogens is 2. The number of esters is 4. The molecule has 2 aromatic carbocycles. The van der Waals surface area contributed by atoms with Gasteiger partial charge in [-0.25, -0.2) is 28.5 Å². The molecule has 1 aromatic heterocycles. The fourth-order valence-electron chi connectivity index (χ4n) is 5.89.